The molecule has 4 nitrogen and oxygen atoms in total. The number of hydrogen-bond acceptors (Lipinski definition) is 4. The topological polar surface area (TPSA) is 61.8 Å². The summed E-state index contributed by atoms with van der Waals surface area (Å²) in [5.41, 5.74) is 5.52. The minimum Gasteiger partial charge on any atom is -0.409 e. The molecule has 6 heteroatoms. The molecule has 1 rings (SSSR count). The number of amidine groups is 1. The lowest BCUT2D eigenvalue weighted by molar-refractivity contribution is 0.242. The minimum atomic E-state index is 0.288. The summed E-state index contributed by atoms with van der Waals surface area (Å²) in [4.78, 5) is 3.66. The predicted molar refractivity (Wildman–Crippen MR) is 80.2 cm³/mol. The molecule has 0 fully saturated rings. The number of nitrogens with two attached hydrogens (primary N) is 1. The molecule has 0 unspecified atom stereocenters. The zero-order chi connectivity index (χ0) is 13.5. The third-order valence-corrected chi connectivity index (χ3v) is 4.12. The van der Waals surface area contributed by atoms with Gasteiger partial charge in [-0.15, -0.1) is 11.3 Å². The van der Waals surface area contributed by atoms with E-state index in [1.165, 1.54) is 4.88 Å². The Morgan fingerprint density at radius 3 is 2.83 bits per heavy atom. The fourth-order valence-electron chi connectivity index (χ4n) is 1.73. The average Bonchev–Trinajstić information content (AvgIpc) is 2.70. The third kappa shape index (κ3) is 5.84. The Kier molecular flexibility index (Phi) is 6.67. The van der Waals surface area contributed by atoms with Crippen LogP contribution in [0.3, 0.4) is 0 Å². The highest BCUT2D eigenvalue weighted by Crippen LogP contribution is 2.21. The van der Waals surface area contributed by atoms with E-state index in [0.717, 1.165) is 24.1 Å². The van der Waals surface area contributed by atoms with Crippen LogP contribution in [0.2, 0.25) is 0 Å². The van der Waals surface area contributed by atoms with E-state index in [9.17, 15) is 0 Å². The Bertz CT molecular complexity index is 392. The van der Waals surface area contributed by atoms with E-state index in [-0.39, 0.29) is 5.84 Å². The van der Waals surface area contributed by atoms with E-state index >= 15 is 0 Å². The van der Waals surface area contributed by atoms with Gasteiger partial charge in [-0.25, -0.2) is 0 Å². The Morgan fingerprint density at radius 2 is 2.33 bits per heavy atom. The third-order valence-electron chi connectivity index (χ3n) is 2.44. The van der Waals surface area contributed by atoms with Gasteiger partial charge < -0.3 is 10.9 Å². The normalized spacial score (nSPS) is 12.6. The largest absolute Gasteiger partial charge is 0.409 e. The fraction of sp³-hybridized carbons (Fsp3) is 0.583. The van der Waals surface area contributed by atoms with Crippen molar-refractivity contribution in [1.82, 2.24) is 4.90 Å². The van der Waals surface area contributed by atoms with E-state index in [2.05, 4.69) is 51.3 Å². The highest BCUT2D eigenvalue weighted by molar-refractivity contribution is 9.10. The Labute approximate surface area is 121 Å². The molecule has 1 aromatic heterocycles. The van der Waals surface area contributed by atoms with Crippen LogP contribution < -0.4 is 5.73 Å². The molecular formula is C12H20BrN3OS. The molecule has 0 aliphatic heterocycles. The summed E-state index contributed by atoms with van der Waals surface area (Å²) in [6.45, 7) is 7.12. The molecule has 0 aliphatic carbocycles. The highest BCUT2D eigenvalue weighted by Gasteiger charge is 2.10. The van der Waals surface area contributed by atoms with Crippen molar-refractivity contribution in [2.24, 2.45) is 16.8 Å². The molecular weight excluding hydrogens is 314 g/mol. The molecule has 3 N–H and O–H groups in total. The van der Waals surface area contributed by atoms with Gasteiger partial charge in [-0.05, 0) is 27.9 Å². The predicted octanol–water partition coefficient (Wildman–Crippen LogP) is 3.11. The van der Waals surface area contributed by atoms with Gasteiger partial charge in [0.05, 0.1) is 0 Å². The molecule has 0 saturated carbocycles. The van der Waals surface area contributed by atoms with Crippen molar-refractivity contribution in [2.45, 2.75) is 26.8 Å². The Balaban J connectivity index is 2.55. The molecule has 102 valence electrons. The zero-order valence-corrected chi connectivity index (χ0v) is 13.2. The van der Waals surface area contributed by atoms with Crippen LogP contribution in [-0.2, 0) is 6.54 Å². The number of rotatable bonds is 7. The molecule has 0 radical (unpaired) electrons. The van der Waals surface area contributed by atoms with Gasteiger partial charge in [0.2, 0.25) is 0 Å². The van der Waals surface area contributed by atoms with E-state index in [0.29, 0.717) is 12.3 Å². The molecule has 0 bridgehead atoms. The summed E-state index contributed by atoms with van der Waals surface area (Å²) in [6.07, 6.45) is 0.593. The molecule has 1 heterocycles. The van der Waals surface area contributed by atoms with Crippen molar-refractivity contribution in [3.05, 3.63) is 20.8 Å². The van der Waals surface area contributed by atoms with Crippen LogP contribution in [-0.4, -0.2) is 29.0 Å². The second kappa shape index (κ2) is 7.76. The summed E-state index contributed by atoms with van der Waals surface area (Å²) in [5.74, 6) is 0.886. The Morgan fingerprint density at radius 1 is 1.61 bits per heavy atom. The first-order valence-electron chi connectivity index (χ1n) is 5.93. The van der Waals surface area contributed by atoms with Crippen LogP contribution in [0, 0.1) is 5.92 Å². The first kappa shape index (κ1) is 15.5. The quantitative estimate of drug-likeness (QED) is 0.349. The van der Waals surface area contributed by atoms with Crippen LogP contribution in [0.25, 0.3) is 0 Å². The van der Waals surface area contributed by atoms with Crippen molar-refractivity contribution in [3.63, 3.8) is 0 Å². The number of hydrogen-bond donors (Lipinski definition) is 2. The van der Waals surface area contributed by atoms with Gasteiger partial charge in [-0.3, -0.25) is 4.90 Å². The van der Waals surface area contributed by atoms with E-state index in [1.807, 2.05) is 0 Å². The number of thiophene rings is 1. The zero-order valence-electron chi connectivity index (χ0n) is 10.8. The van der Waals surface area contributed by atoms with Crippen LogP contribution in [0.5, 0.6) is 0 Å². The number of halogens is 1. The molecule has 18 heavy (non-hydrogen) atoms. The smallest absolute Gasteiger partial charge is 0.140 e. The standard InChI is InChI=1S/C12H20BrN3OS/c1-9(2)6-16(4-3-12(14)15-17)7-11-5-10(13)8-18-11/h5,8-9,17H,3-4,6-7H2,1-2H3,(H2,14,15). The summed E-state index contributed by atoms with van der Waals surface area (Å²) in [7, 11) is 0. The highest BCUT2D eigenvalue weighted by atomic mass is 79.9. The van der Waals surface area contributed by atoms with Crippen LogP contribution >= 0.6 is 27.3 Å². The molecule has 1 aromatic rings. The molecule has 0 aliphatic rings. The molecule has 0 atom stereocenters. The maximum atomic E-state index is 8.56. The maximum Gasteiger partial charge on any atom is 0.140 e. The van der Waals surface area contributed by atoms with E-state index in [1.54, 1.807) is 11.3 Å². The van der Waals surface area contributed by atoms with Crippen LogP contribution in [0.1, 0.15) is 25.1 Å². The fourth-order valence-corrected chi connectivity index (χ4v) is 3.22. The first-order chi connectivity index (χ1) is 8.51. The summed E-state index contributed by atoms with van der Waals surface area (Å²) in [5, 5.41) is 13.7. The average molecular weight is 334 g/mol. The molecule has 0 saturated heterocycles. The van der Waals surface area contributed by atoms with Gasteiger partial charge in [0.25, 0.3) is 0 Å². The Hall–Kier alpha value is -0.590. The van der Waals surface area contributed by atoms with Crippen LogP contribution in [0.15, 0.2) is 21.1 Å². The lowest BCUT2D eigenvalue weighted by Gasteiger charge is -2.23. The summed E-state index contributed by atoms with van der Waals surface area (Å²) in [6, 6.07) is 2.14. The summed E-state index contributed by atoms with van der Waals surface area (Å²) < 4.78 is 1.13. The molecule has 0 amide bonds. The lowest BCUT2D eigenvalue weighted by Crippen LogP contribution is -2.30. The lowest BCUT2D eigenvalue weighted by atomic mass is 10.2. The molecule has 0 spiro atoms. The minimum absolute atomic E-state index is 0.288. The SMILES string of the molecule is CC(C)CN(CCC(N)=NO)Cc1cc(Br)cs1. The van der Waals surface area contributed by atoms with Crippen molar-refractivity contribution in [2.75, 3.05) is 13.1 Å². The first-order valence-corrected chi connectivity index (χ1v) is 7.60. The van der Waals surface area contributed by atoms with Crippen molar-refractivity contribution in [3.8, 4) is 0 Å². The van der Waals surface area contributed by atoms with Gasteiger partial charge in [-0.2, -0.15) is 0 Å². The monoisotopic (exact) mass is 333 g/mol. The van der Waals surface area contributed by atoms with Gasteiger partial charge >= 0.3 is 0 Å². The van der Waals surface area contributed by atoms with Crippen LogP contribution in [0.4, 0.5) is 0 Å². The second-order valence-corrected chi connectivity index (χ2v) is 6.61. The van der Waals surface area contributed by atoms with Gasteiger partial charge in [-0.1, -0.05) is 19.0 Å². The van der Waals surface area contributed by atoms with Crippen molar-refractivity contribution < 1.29 is 5.21 Å². The van der Waals surface area contributed by atoms with E-state index < -0.39 is 0 Å². The summed E-state index contributed by atoms with van der Waals surface area (Å²) >= 11 is 5.21. The van der Waals surface area contributed by atoms with Crippen molar-refractivity contribution >= 4 is 33.1 Å². The van der Waals surface area contributed by atoms with Gasteiger partial charge in [0.15, 0.2) is 0 Å². The van der Waals surface area contributed by atoms with Crippen molar-refractivity contribution in [1.29, 1.82) is 0 Å². The number of oxime groups is 1. The van der Waals surface area contributed by atoms with Gasteiger partial charge in [0, 0.05) is 40.8 Å². The maximum absolute atomic E-state index is 8.56. The number of nitrogens with zero attached hydrogens (tertiary/aromatic N) is 2. The van der Waals surface area contributed by atoms with E-state index in [4.69, 9.17) is 10.9 Å². The van der Waals surface area contributed by atoms with Gasteiger partial charge in [0.1, 0.15) is 5.84 Å². The second-order valence-electron chi connectivity index (χ2n) is 4.70. The molecule has 0 aromatic carbocycles.